The summed E-state index contributed by atoms with van der Waals surface area (Å²) in [6.45, 7) is 4.54. The third-order valence-electron chi connectivity index (χ3n) is 3.20. The molecule has 0 aromatic heterocycles. The molecular formula is C13H16F3NO. The van der Waals surface area contributed by atoms with Crippen molar-refractivity contribution in [2.24, 2.45) is 5.73 Å². The Hall–Kier alpha value is -1.23. The van der Waals surface area contributed by atoms with Crippen LogP contribution >= 0.6 is 0 Å². The topological polar surface area (TPSA) is 35.2 Å². The summed E-state index contributed by atoms with van der Waals surface area (Å²) in [4.78, 5) is 0. The van der Waals surface area contributed by atoms with E-state index in [-0.39, 0.29) is 5.41 Å². The Bertz CT molecular complexity index is 454. The fraction of sp³-hybridized carbons (Fsp3) is 0.538. The summed E-state index contributed by atoms with van der Waals surface area (Å²) in [5.74, 6) is 0.739. The SMILES string of the molecule is CC1(C)COc2ccc(C(N)CC(F)(F)F)cc21. The first-order valence-corrected chi connectivity index (χ1v) is 5.79. The molecule has 0 bridgehead atoms. The number of ether oxygens (including phenoxy) is 1. The number of hydrogen-bond acceptors (Lipinski definition) is 2. The molecule has 100 valence electrons. The van der Waals surface area contributed by atoms with Crippen LogP contribution in [0, 0.1) is 0 Å². The second kappa shape index (κ2) is 4.16. The van der Waals surface area contributed by atoms with Gasteiger partial charge in [-0.1, -0.05) is 19.9 Å². The van der Waals surface area contributed by atoms with Crippen LogP contribution in [0.4, 0.5) is 13.2 Å². The van der Waals surface area contributed by atoms with E-state index >= 15 is 0 Å². The maximum Gasteiger partial charge on any atom is 0.390 e. The molecule has 1 aromatic carbocycles. The summed E-state index contributed by atoms with van der Waals surface area (Å²) in [5.41, 5.74) is 6.86. The van der Waals surface area contributed by atoms with Gasteiger partial charge in [-0.15, -0.1) is 0 Å². The van der Waals surface area contributed by atoms with Gasteiger partial charge in [-0.2, -0.15) is 13.2 Å². The van der Waals surface area contributed by atoms with Gasteiger partial charge in [0.1, 0.15) is 5.75 Å². The molecule has 5 heteroatoms. The van der Waals surface area contributed by atoms with E-state index < -0.39 is 18.6 Å². The number of fused-ring (bicyclic) bond motifs is 1. The van der Waals surface area contributed by atoms with Gasteiger partial charge in [0.15, 0.2) is 0 Å². The van der Waals surface area contributed by atoms with Crippen molar-refractivity contribution in [3.8, 4) is 5.75 Å². The number of hydrogen-bond donors (Lipinski definition) is 1. The fourth-order valence-electron chi connectivity index (χ4n) is 2.14. The van der Waals surface area contributed by atoms with E-state index in [1.165, 1.54) is 0 Å². The summed E-state index contributed by atoms with van der Waals surface area (Å²) in [7, 11) is 0. The molecule has 0 amide bonds. The maximum atomic E-state index is 12.3. The van der Waals surface area contributed by atoms with Crippen LogP contribution in [-0.2, 0) is 5.41 Å². The average Bonchev–Trinajstić information content (AvgIpc) is 2.52. The second-order valence-electron chi connectivity index (χ2n) is 5.35. The predicted octanol–water partition coefficient (Wildman–Crippen LogP) is 3.31. The van der Waals surface area contributed by atoms with Crippen molar-refractivity contribution in [1.82, 2.24) is 0 Å². The van der Waals surface area contributed by atoms with Crippen LogP contribution in [-0.4, -0.2) is 12.8 Å². The van der Waals surface area contributed by atoms with Gasteiger partial charge in [-0.3, -0.25) is 0 Å². The first-order valence-electron chi connectivity index (χ1n) is 5.79. The number of nitrogens with two attached hydrogens (primary N) is 1. The smallest absolute Gasteiger partial charge is 0.390 e. The highest BCUT2D eigenvalue weighted by Crippen LogP contribution is 2.40. The molecule has 1 aliphatic heterocycles. The minimum atomic E-state index is -4.25. The lowest BCUT2D eigenvalue weighted by atomic mass is 9.85. The molecule has 1 aliphatic rings. The van der Waals surface area contributed by atoms with Crippen molar-refractivity contribution in [1.29, 1.82) is 0 Å². The largest absolute Gasteiger partial charge is 0.492 e. The van der Waals surface area contributed by atoms with Crippen molar-refractivity contribution in [3.05, 3.63) is 29.3 Å². The van der Waals surface area contributed by atoms with Crippen molar-refractivity contribution in [2.45, 2.75) is 37.9 Å². The van der Waals surface area contributed by atoms with E-state index in [4.69, 9.17) is 10.5 Å². The quantitative estimate of drug-likeness (QED) is 0.884. The molecule has 0 saturated carbocycles. The van der Waals surface area contributed by atoms with Crippen LogP contribution in [0.5, 0.6) is 5.75 Å². The number of alkyl halides is 3. The first-order chi connectivity index (χ1) is 8.19. The van der Waals surface area contributed by atoms with Crippen molar-refractivity contribution < 1.29 is 17.9 Å². The first kappa shape index (κ1) is 13.2. The predicted molar refractivity (Wildman–Crippen MR) is 62.6 cm³/mol. The van der Waals surface area contributed by atoms with Gasteiger partial charge in [0, 0.05) is 17.0 Å². The van der Waals surface area contributed by atoms with Crippen molar-refractivity contribution in [3.63, 3.8) is 0 Å². The summed E-state index contributed by atoms with van der Waals surface area (Å²) < 4.78 is 42.4. The molecular weight excluding hydrogens is 243 g/mol. The molecule has 0 saturated heterocycles. The third kappa shape index (κ3) is 2.61. The van der Waals surface area contributed by atoms with Crippen LogP contribution in [0.25, 0.3) is 0 Å². The van der Waals surface area contributed by atoms with Gasteiger partial charge >= 0.3 is 6.18 Å². The molecule has 2 nitrogen and oxygen atoms in total. The van der Waals surface area contributed by atoms with Crippen LogP contribution in [0.1, 0.15) is 37.4 Å². The molecule has 1 heterocycles. The average molecular weight is 259 g/mol. The van der Waals surface area contributed by atoms with Gasteiger partial charge in [0.2, 0.25) is 0 Å². The Morgan fingerprint density at radius 1 is 1.39 bits per heavy atom. The molecule has 0 fully saturated rings. The highest BCUT2D eigenvalue weighted by atomic mass is 19.4. The zero-order valence-corrected chi connectivity index (χ0v) is 10.3. The number of benzene rings is 1. The van der Waals surface area contributed by atoms with Crippen molar-refractivity contribution in [2.75, 3.05) is 6.61 Å². The normalized spacial score (nSPS) is 19.2. The molecule has 18 heavy (non-hydrogen) atoms. The zero-order chi connectivity index (χ0) is 13.6. The van der Waals surface area contributed by atoms with Gasteiger partial charge in [-0.05, 0) is 17.7 Å². The molecule has 2 rings (SSSR count). The standard InChI is InChI=1S/C13H16F3NO/c1-12(2)7-18-11-4-3-8(5-9(11)12)10(17)6-13(14,15)16/h3-5,10H,6-7,17H2,1-2H3. The Morgan fingerprint density at radius 2 is 2.06 bits per heavy atom. The molecule has 1 unspecified atom stereocenters. The lowest BCUT2D eigenvalue weighted by molar-refractivity contribution is -0.138. The van der Waals surface area contributed by atoms with E-state index in [2.05, 4.69) is 0 Å². The number of halogens is 3. The fourth-order valence-corrected chi connectivity index (χ4v) is 2.14. The van der Waals surface area contributed by atoms with E-state index in [1.54, 1.807) is 18.2 Å². The van der Waals surface area contributed by atoms with E-state index in [1.807, 2.05) is 13.8 Å². The summed E-state index contributed by atoms with van der Waals surface area (Å²) in [6.07, 6.45) is -5.25. The molecule has 1 aromatic rings. The van der Waals surface area contributed by atoms with Crippen molar-refractivity contribution >= 4 is 0 Å². The lowest BCUT2D eigenvalue weighted by Crippen LogP contribution is -2.21. The molecule has 0 radical (unpaired) electrons. The lowest BCUT2D eigenvalue weighted by Gasteiger charge is -2.18. The van der Waals surface area contributed by atoms with Gasteiger partial charge in [0.05, 0.1) is 13.0 Å². The molecule has 0 aliphatic carbocycles. The Morgan fingerprint density at radius 3 is 2.67 bits per heavy atom. The van der Waals surface area contributed by atoms with Gasteiger partial charge in [-0.25, -0.2) is 0 Å². The second-order valence-corrected chi connectivity index (χ2v) is 5.35. The molecule has 1 atom stereocenters. The van der Waals surface area contributed by atoms with Gasteiger partial charge in [0.25, 0.3) is 0 Å². The minimum Gasteiger partial charge on any atom is -0.492 e. The summed E-state index contributed by atoms with van der Waals surface area (Å²) in [5, 5.41) is 0. The van der Waals surface area contributed by atoms with E-state index in [0.29, 0.717) is 12.2 Å². The van der Waals surface area contributed by atoms with E-state index in [0.717, 1.165) is 11.3 Å². The molecule has 2 N–H and O–H groups in total. The Labute approximate surface area is 104 Å². The van der Waals surface area contributed by atoms with Crippen LogP contribution in [0.15, 0.2) is 18.2 Å². The highest BCUT2D eigenvalue weighted by Gasteiger charge is 2.34. The van der Waals surface area contributed by atoms with E-state index in [9.17, 15) is 13.2 Å². The molecule has 0 spiro atoms. The Balaban J connectivity index is 2.27. The van der Waals surface area contributed by atoms with Crippen LogP contribution in [0.2, 0.25) is 0 Å². The minimum absolute atomic E-state index is 0.177. The Kier molecular flexibility index (Phi) is 3.05. The van der Waals surface area contributed by atoms with Crippen LogP contribution < -0.4 is 10.5 Å². The highest BCUT2D eigenvalue weighted by molar-refractivity contribution is 5.45. The zero-order valence-electron chi connectivity index (χ0n) is 10.3. The van der Waals surface area contributed by atoms with Crippen LogP contribution in [0.3, 0.4) is 0 Å². The maximum absolute atomic E-state index is 12.3. The number of rotatable bonds is 2. The summed E-state index contributed by atoms with van der Waals surface area (Å²) in [6, 6.07) is 4.03. The van der Waals surface area contributed by atoms with Gasteiger partial charge < -0.3 is 10.5 Å². The summed E-state index contributed by atoms with van der Waals surface area (Å²) >= 11 is 0. The third-order valence-corrected chi connectivity index (χ3v) is 3.20. The monoisotopic (exact) mass is 259 g/mol.